The second-order valence-electron chi connectivity index (χ2n) is 5.45. The van der Waals surface area contributed by atoms with Crippen LogP contribution in [0.5, 0.6) is 5.75 Å². The molecule has 0 bridgehead atoms. The maximum Gasteiger partial charge on any atom is 0.233 e. The summed E-state index contributed by atoms with van der Waals surface area (Å²) < 4.78 is 6.54. The van der Waals surface area contributed by atoms with Gasteiger partial charge in [0.15, 0.2) is 5.82 Å². The zero-order valence-corrected chi connectivity index (χ0v) is 13.8. The SMILES string of the molecule is COc1ccc(-c2nnc(S[C@@H](C)C(=O)NC3CC3)n2N)cc1. The van der Waals surface area contributed by atoms with Gasteiger partial charge in [0.2, 0.25) is 11.1 Å². The van der Waals surface area contributed by atoms with Gasteiger partial charge < -0.3 is 15.9 Å². The number of ether oxygens (including phenoxy) is 1. The first-order valence-corrected chi connectivity index (χ1v) is 8.28. The summed E-state index contributed by atoms with van der Waals surface area (Å²) in [6, 6.07) is 7.75. The summed E-state index contributed by atoms with van der Waals surface area (Å²) in [5.41, 5.74) is 0.836. The average Bonchev–Trinajstić information content (AvgIpc) is 3.31. The van der Waals surface area contributed by atoms with Crippen molar-refractivity contribution in [1.29, 1.82) is 0 Å². The Labute approximate surface area is 138 Å². The molecule has 0 unspecified atom stereocenters. The molecular weight excluding hydrogens is 314 g/mol. The van der Waals surface area contributed by atoms with Crippen LogP contribution in [0.15, 0.2) is 29.4 Å². The number of amides is 1. The minimum Gasteiger partial charge on any atom is -0.497 e. The number of benzene rings is 1. The molecule has 0 aliphatic heterocycles. The lowest BCUT2D eigenvalue weighted by molar-refractivity contribution is -0.120. The molecule has 1 atom stereocenters. The van der Waals surface area contributed by atoms with Crippen molar-refractivity contribution >= 4 is 17.7 Å². The number of carbonyl (C=O) groups is 1. The van der Waals surface area contributed by atoms with Crippen LogP contribution in [0.1, 0.15) is 19.8 Å². The van der Waals surface area contributed by atoms with E-state index in [1.165, 1.54) is 16.4 Å². The van der Waals surface area contributed by atoms with Crippen molar-refractivity contribution in [2.75, 3.05) is 13.0 Å². The Balaban J connectivity index is 1.71. The third-order valence-corrected chi connectivity index (χ3v) is 4.64. The number of aromatic nitrogens is 3. The van der Waals surface area contributed by atoms with E-state index in [4.69, 9.17) is 10.6 Å². The normalized spacial score (nSPS) is 15.2. The van der Waals surface area contributed by atoms with Gasteiger partial charge in [0.05, 0.1) is 12.4 Å². The number of hydrogen-bond acceptors (Lipinski definition) is 6. The summed E-state index contributed by atoms with van der Waals surface area (Å²) in [6.45, 7) is 1.84. The molecule has 122 valence electrons. The molecule has 1 fully saturated rings. The van der Waals surface area contributed by atoms with E-state index in [0.717, 1.165) is 24.2 Å². The highest BCUT2D eigenvalue weighted by molar-refractivity contribution is 8.00. The fourth-order valence-electron chi connectivity index (χ4n) is 2.05. The van der Waals surface area contributed by atoms with E-state index in [1.807, 2.05) is 31.2 Å². The molecule has 2 aromatic rings. The van der Waals surface area contributed by atoms with Crippen LogP contribution in [-0.4, -0.2) is 39.2 Å². The molecule has 1 heterocycles. The van der Waals surface area contributed by atoms with Crippen molar-refractivity contribution < 1.29 is 9.53 Å². The third-order valence-electron chi connectivity index (χ3n) is 3.59. The fraction of sp³-hybridized carbons (Fsp3) is 0.400. The highest BCUT2D eigenvalue weighted by Crippen LogP contribution is 2.27. The second kappa shape index (κ2) is 6.49. The second-order valence-corrected chi connectivity index (χ2v) is 6.76. The number of nitrogens with two attached hydrogens (primary N) is 1. The van der Waals surface area contributed by atoms with E-state index in [-0.39, 0.29) is 11.2 Å². The molecule has 1 aromatic carbocycles. The molecule has 0 saturated heterocycles. The molecule has 23 heavy (non-hydrogen) atoms. The summed E-state index contributed by atoms with van der Waals surface area (Å²) in [5, 5.41) is 11.4. The highest BCUT2D eigenvalue weighted by atomic mass is 32.2. The first-order valence-electron chi connectivity index (χ1n) is 7.40. The zero-order valence-electron chi connectivity index (χ0n) is 13.0. The van der Waals surface area contributed by atoms with Gasteiger partial charge in [0, 0.05) is 11.6 Å². The van der Waals surface area contributed by atoms with Gasteiger partial charge >= 0.3 is 0 Å². The molecule has 0 spiro atoms. The van der Waals surface area contributed by atoms with Gasteiger partial charge in [-0.3, -0.25) is 4.79 Å². The molecule has 1 aliphatic carbocycles. The highest BCUT2D eigenvalue weighted by Gasteiger charge is 2.27. The van der Waals surface area contributed by atoms with Crippen LogP contribution < -0.4 is 15.9 Å². The van der Waals surface area contributed by atoms with E-state index < -0.39 is 0 Å². The van der Waals surface area contributed by atoms with Gasteiger partial charge in [-0.1, -0.05) is 11.8 Å². The third kappa shape index (κ3) is 3.58. The minimum atomic E-state index is -0.272. The zero-order chi connectivity index (χ0) is 16.4. The lowest BCUT2D eigenvalue weighted by Gasteiger charge is -2.10. The lowest BCUT2D eigenvalue weighted by Crippen LogP contribution is -2.32. The summed E-state index contributed by atoms with van der Waals surface area (Å²) in [5.74, 6) is 7.39. The van der Waals surface area contributed by atoms with Crippen molar-refractivity contribution in [2.24, 2.45) is 0 Å². The Hall–Kier alpha value is -2.22. The van der Waals surface area contributed by atoms with Crippen molar-refractivity contribution in [3.05, 3.63) is 24.3 Å². The Morgan fingerprint density at radius 1 is 1.39 bits per heavy atom. The van der Waals surface area contributed by atoms with Crippen molar-refractivity contribution in [3.8, 4) is 17.1 Å². The predicted octanol–water partition coefficient (Wildman–Crippen LogP) is 1.43. The topological polar surface area (TPSA) is 95.1 Å². The molecule has 8 heteroatoms. The number of nitrogens with zero attached hydrogens (tertiary/aromatic N) is 3. The monoisotopic (exact) mass is 333 g/mol. The van der Waals surface area contributed by atoms with E-state index in [2.05, 4.69) is 15.5 Å². The van der Waals surface area contributed by atoms with Crippen molar-refractivity contribution in [2.45, 2.75) is 36.2 Å². The van der Waals surface area contributed by atoms with E-state index in [9.17, 15) is 4.79 Å². The van der Waals surface area contributed by atoms with E-state index >= 15 is 0 Å². The van der Waals surface area contributed by atoms with Crippen LogP contribution in [0.3, 0.4) is 0 Å². The van der Waals surface area contributed by atoms with Crippen LogP contribution in [0, 0.1) is 0 Å². The van der Waals surface area contributed by atoms with Crippen molar-refractivity contribution in [1.82, 2.24) is 20.2 Å². The van der Waals surface area contributed by atoms with Crippen LogP contribution in [-0.2, 0) is 4.79 Å². The van der Waals surface area contributed by atoms with Crippen molar-refractivity contribution in [3.63, 3.8) is 0 Å². The quantitative estimate of drug-likeness (QED) is 0.613. The van der Waals surface area contributed by atoms with Crippen LogP contribution in [0.4, 0.5) is 0 Å². The molecule has 1 aliphatic rings. The Bertz CT molecular complexity index is 696. The van der Waals surface area contributed by atoms with Gasteiger partial charge in [-0.05, 0) is 44.0 Å². The molecule has 3 N–H and O–H groups in total. The summed E-state index contributed by atoms with van der Waals surface area (Å²) in [7, 11) is 1.61. The molecular formula is C15H19N5O2S. The molecule has 7 nitrogen and oxygen atoms in total. The number of hydrogen-bond donors (Lipinski definition) is 2. The molecule has 3 rings (SSSR count). The summed E-state index contributed by atoms with van der Waals surface area (Å²) in [4.78, 5) is 12.0. The van der Waals surface area contributed by atoms with E-state index in [1.54, 1.807) is 7.11 Å². The van der Waals surface area contributed by atoms with Gasteiger partial charge in [-0.25, -0.2) is 4.68 Å². The van der Waals surface area contributed by atoms with Gasteiger partial charge in [-0.15, -0.1) is 10.2 Å². The number of nitrogens with one attached hydrogen (secondary N) is 1. The van der Waals surface area contributed by atoms with Crippen LogP contribution >= 0.6 is 11.8 Å². The molecule has 0 radical (unpaired) electrons. The first kappa shape index (κ1) is 15.7. The number of nitrogen functional groups attached to an aromatic ring is 1. The first-order chi connectivity index (χ1) is 11.1. The number of rotatable bonds is 6. The number of methoxy groups -OCH3 is 1. The van der Waals surface area contributed by atoms with Crippen LogP contribution in [0.2, 0.25) is 0 Å². The average molecular weight is 333 g/mol. The standard InChI is InChI=1S/C15H19N5O2S/c1-9(14(21)17-11-5-6-11)23-15-19-18-13(20(15)16)10-3-7-12(22-2)8-4-10/h3-4,7-9,11H,5-6,16H2,1-2H3,(H,17,21)/t9-/m0/s1. The maximum atomic E-state index is 12.0. The smallest absolute Gasteiger partial charge is 0.233 e. The Morgan fingerprint density at radius 2 is 2.09 bits per heavy atom. The minimum absolute atomic E-state index is 0.00602. The largest absolute Gasteiger partial charge is 0.497 e. The van der Waals surface area contributed by atoms with Gasteiger partial charge in [-0.2, -0.15) is 0 Å². The summed E-state index contributed by atoms with van der Waals surface area (Å²) >= 11 is 1.30. The van der Waals surface area contributed by atoms with E-state index in [0.29, 0.717) is 17.0 Å². The van der Waals surface area contributed by atoms with Gasteiger partial charge in [0.25, 0.3) is 0 Å². The number of thioether (sulfide) groups is 1. The summed E-state index contributed by atoms with van der Waals surface area (Å²) in [6.07, 6.45) is 2.13. The molecule has 1 saturated carbocycles. The molecule has 1 amide bonds. The Kier molecular flexibility index (Phi) is 4.42. The maximum absolute atomic E-state index is 12.0. The van der Waals surface area contributed by atoms with Gasteiger partial charge in [0.1, 0.15) is 5.75 Å². The lowest BCUT2D eigenvalue weighted by atomic mass is 10.2. The Morgan fingerprint density at radius 3 is 2.70 bits per heavy atom. The predicted molar refractivity (Wildman–Crippen MR) is 88.6 cm³/mol. The number of carbonyl (C=O) groups excluding carboxylic acids is 1. The molecule has 1 aromatic heterocycles. The fourth-order valence-corrected chi connectivity index (χ4v) is 2.83. The van der Waals surface area contributed by atoms with Crippen LogP contribution in [0.25, 0.3) is 11.4 Å².